The molecule has 1 atom stereocenters. The van der Waals surface area contributed by atoms with Crippen LogP contribution in [-0.4, -0.2) is 42.2 Å². The second kappa shape index (κ2) is 7.96. The molecular formula is C21H26N2OS. The third kappa shape index (κ3) is 4.37. The standard InChI is InChI=1S/C21H26N2OS/c1-16-9-10-20(15-17(16)2)25-18(3)21(24)23-13-11-22(12-14-23)19-7-5-4-6-8-19/h4-10,15,18H,11-14H2,1-3H3/t18-/m1/s1. The van der Waals surface area contributed by atoms with Gasteiger partial charge in [-0.25, -0.2) is 0 Å². The van der Waals surface area contributed by atoms with Gasteiger partial charge in [0.25, 0.3) is 0 Å². The summed E-state index contributed by atoms with van der Waals surface area (Å²) in [6, 6.07) is 16.9. The zero-order valence-corrected chi connectivity index (χ0v) is 16.1. The van der Waals surface area contributed by atoms with E-state index in [1.54, 1.807) is 11.8 Å². The summed E-state index contributed by atoms with van der Waals surface area (Å²) in [5.41, 5.74) is 3.81. The van der Waals surface area contributed by atoms with Crippen LogP contribution >= 0.6 is 11.8 Å². The normalized spacial score (nSPS) is 16.0. The van der Waals surface area contributed by atoms with Crippen LogP contribution in [0.1, 0.15) is 18.1 Å². The van der Waals surface area contributed by atoms with E-state index in [1.807, 2.05) is 17.9 Å². The zero-order valence-electron chi connectivity index (χ0n) is 15.2. The number of carbonyl (C=O) groups is 1. The van der Waals surface area contributed by atoms with Gasteiger partial charge in [-0.1, -0.05) is 24.3 Å². The maximum absolute atomic E-state index is 12.8. The molecule has 2 aromatic rings. The summed E-state index contributed by atoms with van der Waals surface area (Å²) in [6.45, 7) is 9.65. The van der Waals surface area contributed by atoms with E-state index in [9.17, 15) is 4.79 Å². The Bertz CT molecular complexity index is 724. The third-order valence-corrected chi connectivity index (χ3v) is 5.93. The number of benzene rings is 2. The predicted molar refractivity (Wildman–Crippen MR) is 106 cm³/mol. The fourth-order valence-corrected chi connectivity index (χ4v) is 4.17. The van der Waals surface area contributed by atoms with Crippen LogP contribution in [0, 0.1) is 13.8 Å². The van der Waals surface area contributed by atoms with Crippen molar-refractivity contribution in [3.63, 3.8) is 0 Å². The molecule has 0 saturated carbocycles. The maximum Gasteiger partial charge on any atom is 0.235 e. The Kier molecular flexibility index (Phi) is 5.69. The molecule has 1 fully saturated rings. The van der Waals surface area contributed by atoms with Gasteiger partial charge in [0.1, 0.15) is 0 Å². The van der Waals surface area contributed by atoms with Crippen LogP contribution in [0.3, 0.4) is 0 Å². The second-order valence-corrected chi connectivity index (χ2v) is 8.07. The minimum atomic E-state index is -0.0506. The van der Waals surface area contributed by atoms with E-state index >= 15 is 0 Å². The lowest BCUT2D eigenvalue weighted by Crippen LogP contribution is -2.50. The average molecular weight is 355 g/mol. The van der Waals surface area contributed by atoms with Crippen LogP contribution < -0.4 is 4.90 Å². The molecule has 1 aliphatic heterocycles. The Balaban J connectivity index is 1.55. The molecule has 0 bridgehead atoms. The first kappa shape index (κ1) is 17.9. The molecule has 2 aromatic carbocycles. The van der Waals surface area contributed by atoms with E-state index in [1.165, 1.54) is 21.7 Å². The third-order valence-electron chi connectivity index (χ3n) is 4.85. The predicted octanol–water partition coefficient (Wildman–Crippen LogP) is 4.13. The molecule has 132 valence electrons. The maximum atomic E-state index is 12.8. The van der Waals surface area contributed by atoms with Gasteiger partial charge in [-0.2, -0.15) is 0 Å². The van der Waals surface area contributed by atoms with Gasteiger partial charge in [0, 0.05) is 36.8 Å². The summed E-state index contributed by atoms with van der Waals surface area (Å²) < 4.78 is 0. The molecule has 0 radical (unpaired) electrons. The number of nitrogens with zero attached hydrogens (tertiary/aromatic N) is 2. The smallest absolute Gasteiger partial charge is 0.235 e. The Labute approximate surface area is 155 Å². The summed E-state index contributed by atoms with van der Waals surface area (Å²) in [7, 11) is 0. The highest BCUT2D eigenvalue weighted by Gasteiger charge is 2.25. The van der Waals surface area contributed by atoms with E-state index < -0.39 is 0 Å². The molecule has 1 aliphatic rings. The summed E-state index contributed by atoms with van der Waals surface area (Å²) in [6.07, 6.45) is 0. The molecule has 4 heteroatoms. The Morgan fingerprint density at radius 1 is 0.960 bits per heavy atom. The summed E-state index contributed by atoms with van der Waals surface area (Å²) in [4.78, 5) is 18.3. The van der Waals surface area contributed by atoms with Crippen molar-refractivity contribution in [1.82, 2.24) is 4.90 Å². The van der Waals surface area contributed by atoms with Crippen LogP contribution in [0.25, 0.3) is 0 Å². The van der Waals surface area contributed by atoms with E-state index in [-0.39, 0.29) is 11.2 Å². The lowest BCUT2D eigenvalue weighted by molar-refractivity contribution is -0.130. The number of anilines is 1. The second-order valence-electron chi connectivity index (χ2n) is 6.65. The molecule has 0 aliphatic carbocycles. The van der Waals surface area contributed by atoms with E-state index in [2.05, 4.69) is 61.2 Å². The van der Waals surface area contributed by atoms with Crippen molar-refractivity contribution in [2.75, 3.05) is 31.1 Å². The lowest BCUT2D eigenvalue weighted by atomic mass is 10.1. The number of hydrogen-bond acceptors (Lipinski definition) is 3. The molecule has 1 amide bonds. The fraction of sp³-hybridized carbons (Fsp3) is 0.381. The quantitative estimate of drug-likeness (QED) is 0.771. The molecule has 0 N–H and O–H groups in total. The Hall–Kier alpha value is -1.94. The molecule has 1 saturated heterocycles. The molecule has 0 spiro atoms. The van der Waals surface area contributed by atoms with Crippen molar-refractivity contribution < 1.29 is 4.79 Å². The molecule has 3 nitrogen and oxygen atoms in total. The monoisotopic (exact) mass is 354 g/mol. The van der Waals surface area contributed by atoms with Crippen molar-refractivity contribution >= 4 is 23.4 Å². The number of carbonyl (C=O) groups excluding carboxylic acids is 1. The van der Waals surface area contributed by atoms with E-state index in [4.69, 9.17) is 0 Å². The highest BCUT2D eigenvalue weighted by Crippen LogP contribution is 2.27. The summed E-state index contributed by atoms with van der Waals surface area (Å²) >= 11 is 1.66. The molecule has 3 rings (SSSR count). The number of aryl methyl sites for hydroxylation is 2. The first-order valence-corrected chi connectivity index (χ1v) is 9.75. The number of hydrogen-bond donors (Lipinski definition) is 0. The van der Waals surface area contributed by atoms with Crippen LogP contribution in [-0.2, 0) is 4.79 Å². The number of thioether (sulfide) groups is 1. The minimum absolute atomic E-state index is 0.0506. The van der Waals surface area contributed by atoms with Crippen molar-refractivity contribution in [2.45, 2.75) is 30.9 Å². The van der Waals surface area contributed by atoms with Gasteiger partial charge in [0.05, 0.1) is 5.25 Å². The average Bonchev–Trinajstić information content (AvgIpc) is 2.65. The van der Waals surface area contributed by atoms with Gasteiger partial charge in [-0.15, -0.1) is 11.8 Å². The number of para-hydroxylation sites is 1. The lowest BCUT2D eigenvalue weighted by Gasteiger charge is -2.37. The van der Waals surface area contributed by atoms with Crippen LogP contribution in [0.2, 0.25) is 0 Å². The topological polar surface area (TPSA) is 23.6 Å². The van der Waals surface area contributed by atoms with Gasteiger partial charge in [-0.3, -0.25) is 4.79 Å². The summed E-state index contributed by atoms with van der Waals surface area (Å²) in [5.74, 6) is 0.246. The van der Waals surface area contributed by atoms with Crippen LogP contribution in [0.5, 0.6) is 0 Å². The van der Waals surface area contributed by atoms with Crippen molar-refractivity contribution in [2.24, 2.45) is 0 Å². The van der Waals surface area contributed by atoms with Gasteiger partial charge < -0.3 is 9.80 Å². The van der Waals surface area contributed by atoms with Gasteiger partial charge in [-0.05, 0) is 56.2 Å². The Morgan fingerprint density at radius 2 is 1.64 bits per heavy atom. The first-order valence-electron chi connectivity index (χ1n) is 8.87. The molecule has 25 heavy (non-hydrogen) atoms. The number of piperazine rings is 1. The zero-order chi connectivity index (χ0) is 17.8. The van der Waals surface area contributed by atoms with Crippen LogP contribution in [0.15, 0.2) is 53.4 Å². The first-order chi connectivity index (χ1) is 12.0. The van der Waals surface area contributed by atoms with E-state index in [0.717, 1.165) is 26.2 Å². The van der Waals surface area contributed by atoms with Gasteiger partial charge in [0.2, 0.25) is 5.91 Å². The summed E-state index contributed by atoms with van der Waals surface area (Å²) in [5, 5.41) is -0.0506. The Morgan fingerprint density at radius 3 is 2.28 bits per heavy atom. The van der Waals surface area contributed by atoms with Crippen molar-refractivity contribution in [1.29, 1.82) is 0 Å². The highest BCUT2D eigenvalue weighted by atomic mass is 32.2. The molecule has 0 unspecified atom stereocenters. The van der Waals surface area contributed by atoms with Crippen molar-refractivity contribution in [3.8, 4) is 0 Å². The number of rotatable bonds is 4. The highest BCUT2D eigenvalue weighted by molar-refractivity contribution is 8.00. The largest absolute Gasteiger partial charge is 0.368 e. The van der Waals surface area contributed by atoms with Gasteiger partial charge in [0.15, 0.2) is 0 Å². The van der Waals surface area contributed by atoms with E-state index in [0.29, 0.717) is 0 Å². The van der Waals surface area contributed by atoms with Crippen molar-refractivity contribution in [3.05, 3.63) is 59.7 Å². The number of amides is 1. The minimum Gasteiger partial charge on any atom is -0.368 e. The van der Waals surface area contributed by atoms with Crippen LogP contribution in [0.4, 0.5) is 5.69 Å². The van der Waals surface area contributed by atoms with Gasteiger partial charge >= 0.3 is 0 Å². The fourth-order valence-electron chi connectivity index (χ4n) is 3.12. The molecular weight excluding hydrogens is 328 g/mol. The SMILES string of the molecule is Cc1ccc(S[C@H](C)C(=O)N2CCN(c3ccccc3)CC2)cc1C. The molecule has 0 aromatic heterocycles. The molecule has 1 heterocycles.